The third-order valence-corrected chi connectivity index (χ3v) is 3.17. The Bertz CT molecular complexity index is 503. The number of hydrogen-bond donors (Lipinski definition) is 1. The van der Waals surface area contributed by atoms with Crippen molar-refractivity contribution in [2.24, 2.45) is 0 Å². The van der Waals surface area contributed by atoms with Crippen LogP contribution in [0.15, 0.2) is 18.3 Å². The van der Waals surface area contributed by atoms with Crippen LogP contribution in [0.3, 0.4) is 0 Å². The highest BCUT2D eigenvalue weighted by atomic mass is 15.3. The van der Waals surface area contributed by atoms with Crippen LogP contribution in [0.1, 0.15) is 45.1 Å². The molecule has 98 valence electrons. The van der Waals surface area contributed by atoms with Crippen LogP contribution in [-0.4, -0.2) is 20.6 Å². The number of hydrogen-bond acceptors (Lipinski definition) is 3. The average molecular weight is 246 g/mol. The highest BCUT2D eigenvalue weighted by Gasteiger charge is 2.08. The van der Waals surface area contributed by atoms with Crippen molar-refractivity contribution >= 4 is 11.6 Å². The minimum atomic E-state index is 0.425. The fraction of sp³-hybridized carbons (Fsp3) is 0.571. The van der Waals surface area contributed by atoms with Crippen LogP contribution in [0.2, 0.25) is 0 Å². The Kier molecular flexibility index (Phi) is 4.18. The molecule has 0 aliphatic carbocycles. The summed E-state index contributed by atoms with van der Waals surface area (Å²) >= 11 is 0. The lowest BCUT2D eigenvalue weighted by molar-refractivity contribution is 0.612. The predicted molar refractivity (Wildman–Crippen MR) is 75.0 cm³/mol. The number of nitrogens with zero attached hydrogens (tertiary/aromatic N) is 3. The fourth-order valence-corrected chi connectivity index (χ4v) is 2.09. The molecule has 0 bridgehead atoms. The Balaban J connectivity index is 2.01. The van der Waals surface area contributed by atoms with Crippen molar-refractivity contribution in [2.45, 2.75) is 52.5 Å². The first-order valence-corrected chi connectivity index (χ1v) is 6.79. The van der Waals surface area contributed by atoms with E-state index in [1.54, 1.807) is 0 Å². The van der Waals surface area contributed by atoms with Crippen LogP contribution < -0.4 is 5.32 Å². The maximum atomic E-state index is 4.52. The van der Waals surface area contributed by atoms with Gasteiger partial charge in [-0.05, 0) is 31.9 Å². The molecule has 0 aliphatic heterocycles. The topological polar surface area (TPSA) is 42.2 Å². The molecule has 0 saturated carbocycles. The molecule has 0 spiro atoms. The van der Waals surface area contributed by atoms with Gasteiger partial charge in [0, 0.05) is 12.2 Å². The third kappa shape index (κ3) is 3.00. The first kappa shape index (κ1) is 12.9. The molecule has 0 radical (unpaired) electrons. The molecule has 0 aromatic carbocycles. The summed E-state index contributed by atoms with van der Waals surface area (Å²) in [6.45, 7) is 6.47. The van der Waals surface area contributed by atoms with Gasteiger partial charge in [-0.3, -0.25) is 0 Å². The van der Waals surface area contributed by atoms with E-state index in [9.17, 15) is 0 Å². The van der Waals surface area contributed by atoms with Crippen molar-refractivity contribution < 1.29 is 0 Å². The lowest BCUT2D eigenvalue weighted by Crippen LogP contribution is -2.15. The van der Waals surface area contributed by atoms with Crippen molar-refractivity contribution in [3.8, 4) is 0 Å². The zero-order valence-electron chi connectivity index (χ0n) is 11.5. The van der Waals surface area contributed by atoms with Gasteiger partial charge in [-0.25, -0.2) is 4.52 Å². The zero-order valence-corrected chi connectivity index (χ0v) is 11.5. The molecular formula is C14H22N4. The van der Waals surface area contributed by atoms with Gasteiger partial charge in [-0.15, -0.1) is 5.10 Å². The molecular weight excluding hydrogens is 224 g/mol. The van der Waals surface area contributed by atoms with Crippen LogP contribution >= 0.6 is 0 Å². The van der Waals surface area contributed by atoms with Crippen molar-refractivity contribution in [3.05, 3.63) is 23.9 Å². The summed E-state index contributed by atoms with van der Waals surface area (Å²) in [5, 5.41) is 7.81. The van der Waals surface area contributed by atoms with Crippen LogP contribution in [0, 0.1) is 6.92 Å². The monoisotopic (exact) mass is 246 g/mol. The van der Waals surface area contributed by atoms with E-state index in [-0.39, 0.29) is 0 Å². The predicted octanol–water partition coefficient (Wildman–Crippen LogP) is 3.42. The highest BCUT2D eigenvalue weighted by molar-refractivity contribution is 5.49. The Morgan fingerprint density at radius 3 is 2.94 bits per heavy atom. The third-order valence-electron chi connectivity index (χ3n) is 3.17. The van der Waals surface area contributed by atoms with Gasteiger partial charge in [0.2, 0.25) is 5.95 Å². The number of pyridine rings is 1. The molecule has 2 heterocycles. The summed E-state index contributed by atoms with van der Waals surface area (Å²) in [5.74, 6) is 0.730. The van der Waals surface area contributed by atoms with Gasteiger partial charge >= 0.3 is 0 Å². The second-order valence-electron chi connectivity index (χ2n) is 4.94. The maximum absolute atomic E-state index is 4.52. The minimum absolute atomic E-state index is 0.425. The van der Waals surface area contributed by atoms with Crippen molar-refractivity contribution in [1.82, 2.24) is 14.6 Å². The summed E-state index contributed by atoms with van der Waals surface area (Å²) in [6, 6.07) is 4.47. The lowest BCUT2D eigenvalue weighted by Gasteiger charge is -2.11. The van der Waals surface area contributed by atoms with Gasteiger partial charge in [-0.2, -0.15) is 4.98 Å². The smallest absolute Gasteiger partial charge is 0.243 e. The molecule has 1 unspecified atom stereocenters. The van der Waals surface area contributed by atoms with Gasteiger partial charge < -0.3 is 5.32 Å². The number of nitrogens with one attached hydrogen (secondary N) is 1. The number of aryl methyl sites for hydroxylation is 1. The van der Waals surface area contributed by atoms with Crippen LogP contribution in [0.4, 0.5) is 5.95 Å². The largest absolute Gasteiger partial charge is 0.350 e. The molecule has 18 heavy (non-hydrogen) atoms. The molecule has 1 atom stereocenters. The summed E-state index contributed by atoms with van der Waals surface area (Å²) in [4.78, 5) is 4.52. The van der Waals surface area contributed by atoms with E-state index in [1.165, 1.54) is 25.7 Å². The Morgan fingerprint density at radius 2 is 2.22 bits per heavy atom. The lowest BCUT2D eigenvalue weighted by atomic mass is 10.1. The molecule has 4 heteroatoms. The van der Waals surface area contributed by atoms with Gasteiger partial charge in [0.15, 0.2) is 5.65 Å². The molecule has 1 N–H and O–H groups in total. The summed E-state index contributed by atoms with van der Waals surface area (Å²) < 4.78 is 1.83. The molecule has 2 aromatic heterocycles. The van der Waals surface area contributed by atoms with E-state index in [1.807, 2.05) is 16.8 Å². The van der Waals surface area contributed by atoms with Gasteiger partial charge in [0.1, 0.15) is 0 Å². The average Bonchev–Trinajstić information content (AvgIpc) is 2.73. The highest BCUT2D eigenvalue weighted by Crippen LogP contribution is 2.12. The Hall–Kier alpha value is -1.58. The number of fused-ring (bicyclic) bond motifs is 1. The van der Waals surface area contributed by atoms with E-state index >= 15 is 0 Å². The molecule has 2 aromatic rings. The van der Waals surface area contributed by atoms with Gasteiger partial charge in [-0.1, -0.05) is 32.3 Å². The van der Waals surface area contributed by atoms with E-state index in [4.69, 9.17) is 0 Å². The standard InChI is InChI=1S/C14H22N4/c1-4-5-6-9-12(3)15-14-16-13-11(2)8-7-10-18(13)17-14/h7-8,10,12H,4-6,9H2,1-3H3,(H,15,17). The quantitative estimate of drug-likeness (QED) is 0.794. The van der Waals surface area contributed by atoms with E-state index < -0.39 is 0 Å². The first-order valence-electron chi connectivity index (χ1n) is 6.79. The Morgan fingerprint density at radius 1 is 1.39 bits per heavy atom. The molecule has 4 nitrogen and oxygen atoms in total. The van der Waals surface area contributed by atoms with Gasteiger partial charge in [0.25, 0.3) is 0 Å². The molecule has 0 amide bonds. The first-order chi connectivity index (χ1) is 8.70. The van der Waals surface area contributed by atoms with E-state index in [0.29, 0.717) is 6.04 Å². The molecule has 0 fully saturated rings. The maximum Gasteiger partial charge on any atom is 0.243 e. The molecule has 0 aliphatic rings. The minimum Gasteiger partial charge on any atom is -0.350 e. The van der Waals surface area contributed by atoms with Crippen molar-refractivity contribution in [2.75, 3.05) is 5.32 Å². The molecule has 0 saturated heterocycles. The summed E-state index contributed by atoms with van der Waals surface area (Å²) in [5.41, 5.74) is 2.08. The molecule has 2 rings (SSSR count). The Labute approximate surface area is 108 Å². The summed E-state index contributed by atoms with van der Waals surface area (Å²) in [6.07, 6.45) is 6.92. The van der Waals surface area contributed by atoms with Crippen LogP contribution in [-0.2, 0) is 0 Å². The van der Waals surface area contributed by atoms with Crippen molar-refractivity contribution in [1.29, 1.82) is 0 Å². The second-order valence-corrected chi connectivity index (χ2v) is 4.94. The second kappa shape index (κ2) is 5.85. The SMILES string of the molecule is CCCCCC(C)Nc1nc2c(C)cccn2n1. The zero-order chi connectivity index (χ0) is 13.0. The van der Waals surface area contributed by atoms with E-state index in [0.717, 1.165) is 17.2 Å². The van der Waals surface area contributed by atoms with Gasteiger partial charge in [0.05, 0.1) is 0 Å². The van der Waals surface area contributed by atoms with E-state index in [2.05, 4.69) is 42.2 Å². The summed E-state index contributed by atoms with van der Waals surface area (Å²) in [7, 11) is 0. The normalized spacial score (nSPS) is 12.8. The number of rotatable bonds is 6. The number of aromatic nitrogens is 3. The number of anilines is 1. The van der Waals surface area contributed by atoms with Crippen LogP contribution in [0.5, 0.6) is 0 Å². The number of unbranched alkanes of at least 4 members (excludes halogenated alkanes) is 2. The van der Waals surface area contributed by atoms with Crippen molar-refractivity contribution in [3.63, 3.8) is 0 Å². The van der Waals surface area contributed by atoms with Crippen LogP contribution in [0.25, 0.3) is 5.65 Å². The fourth-order valence-electron chi connectivity index (χ4n) is 2.09.